The Bertz CT molecular complexity index is 2150. The minimum Gasteiger partial charge on any atom is -0.491 e. The van der Waals surface area contributed by atoms with Gasteiger partial charge in [-0.15, -0.1) is 0 Å². The Labute approximate surface area is 616 Å². The van der Waals surface area contributed by atoms with E-state index in [2.05, 4.69) is 10.6 Å². The highest BCUT2D eigenvalue weighted by atomic mass is 16.6. The average Bonchev–Trinajstić information content (AvgIpc) is 0.942. The Hall–Kier alpha value is -4.51. The van der Waals surface area contributed by atoms with Crippen LogP contribution in [0.1, 0.15) is 38.3 Å². The first-order valence-electron chi connectivity index (χ1n) is 36.3. The second-order valence-corrected chi connectivity index (χ2v) is 23.0. The molecule has 1 atom stereocenters. The number of carbonyl (C=O) groups is 3. The van der Waals surface area contributed by atoms with E-state index < -0.39 is 23.7 Å². The fraction of sp³-hybridized carbons (Fsp3) is 0.792. The SMILES string of the molecule is CC(C)(C)OC(=O)NCCOCCOCCOCCOCCOCCOCCOCCOCCOCCOCCOCCOc1ccc(C[C@H](NC(=O)CCOCCOCCOCCOCCOCCOCCOCCOCCOCCOCCOCCOCCN)C(=O)OCc2ccccc2)cc1. The van der Waals surface area contributed by atoms with Gasteiger partial charge in [0, 0.05) is 25.9 Å². The number of hydrogen-bond donors (Lipinski definition) is 3. The van der Waals surface area contributed by atoms with Crippen molar-refractivity contribution in [2.75, 3.05) is 324 Å². The molecule has 0 aliphatic heterocycles. The number of rotatable bonds is 81. The molecule has 32 nitrogen and oxygen atoms in total. The lowest BCUT2D eigenvalue weighted by atomic mass is 10.1. The highest BCUT2D eigenvalue weighted by Crippen LogP contribution is 2.15. The predicted molar refractivity (Wildman–Crippen MR) is 381 cm³/mol. The molecule has 0 aliphatic rings. The van der Waals surface area contributed by atoms with E-state index in [1.165, 1.54) is 0 Å². The van der Waals surface area contributed by atoms with Crippen LogP contribution in [0.5, 0.6) is 5.75 Å². The predicted octanol–water partition coefficient (Wildman–Crippen LogP) is 3.09. The zero-order chi connectivity index (χ0) is 74.5. The van der Waals surface area contributed by atoms with E-state index in [1.807, 2.05) is 63.2 Å². The number of amides is 2. The molecule has 0 spiro atoms. The number of alkyl carbamates (subject to hydrolysis) is 1. The molecule has 0 radical (unpaired) electrons. The smallest absolute Gasteiger partial charge is 0.407 e. The third kappa shape index (κ3) is 69.2. The molecule has 4 N–H and O–H groups in total. The van der Waals surface area contributed by atoms with E-state index in [-0.39, 0.29) is 38.6 Å². The van der Waals surface area contributed by atoms with Gasteiger partial charge in [0.2, 0.25) is 5.91 Å². The summed E-state index contributed by atoms with van der Waals surface area (Å²) in [6.45, 7) is 27.0. The van der Waals surface area contributed by atoms with Crippen molar-refractivity contribution in [3.05, 3.63) is 65.7 Å². The minimum absolute atomic E-state index is 0.0433. The van der Waals surface area contributed by atoms with Crippen molar-refractivity contribution in [1.82, 2.24) is 10.6 Å². The Morgan fingerprint density at radius 1 is 0.337 bits per heavy atom. The monoisotopic (exact) mass is 1500 g/mol. The molecule has 0 heterocycles. The van der Waals surface area contributed by atoms with E-state index in [1.54, 1.807) is 12.1 Å². The molecule has 0 saturated heterocycles. The standard InChI is InChI=1S/C72H127N3O29/c1-72(2,3)104-71(78)74-15-18-81-21-24-84-27-30-87-33-36-90-39-42-93-45-48-96-51-52-97-53-54-98-55-56-99-57-58-100-59-60-101-61-62-102-67-11-9-65(10-12-67)63-68(70(77)103-64-66-7-5-4-6-8-66)75-69(76)13-16-79-19-22-82-25-28-85-31-34-88-37-40-91-43-46-94-49-50-95-47-44-92-41-38-89-35-32-86-29-26-83-23-20-80-17-14-73/h4-12,68H,13-64,73H2,1-3H3,(H,74,78)(H,75,76)/t68-/m0/s1. The van der Waals surface area contributed by atoms with Crippen LogP contribution in [0.25, 0.3) is 0 Å². The number of nitrogens with two attached hydrogens (primary N) is 1. The molecule has 2 amide bonds. The average molecular weight is 1500 g/mol. The molecule has 604 valence electrons. The lowest BCUT2D eigenvalue weighted by Crippen LogP contribution is -2.43. The lowest BCUT2D eigenvalue weighted by Gasteiger charge is -2.19. The van der Waals surface area contributed by atoms with Crippen molar-refractivity contribution >= 4 is 18.0 Å². The van der Waals surface area contributed by atoms with E-state index in [4.69, 9.17) is 129 Å². The number of ether oxygens (including phenoxy) is 26. The second-order valence-electron chi connectivity index (χ2n) is 23.0. The van der Waals surface area contributed by atoms with Crippen LogP contribution in [0.2, 0.25) is 0 Å². The van der Waals surface area contributed by atoms with E-state index in [9.17, 15) is 14.4 Å². The largest absolute Gasteiger partial charge is 0.491 e. The van der Waals surface area contributed by atoms with Crippen LogP contribution in [0, 0.1) is 0 Å². The van der Waals surface area contributed by atoms with Gasteiger partial charge in [-0.1, -0.05) is 42.5 Å². The number of esters is 1. The van der Waals surface area contributed by atoms with Crippen LogP contribution in [0.4, 0.5) is 4.79 Å². The van der Waals surface area contributed by atoms with Gasteiger partial charge in [0.05, 0.1) is 304 Å². The molecule has 32 heteroatoms. The molecular weight excluding hydrogens is 1370 g/mol. The molecule has 2 aromatic rings. The van der Waals surface area contributed by atoms with E-state index in [0.717, 1.165) is 11.1 Å². The first kappa shape index (κ1) is 95.6. The quantitative estimate of drug-likeness (QED) is 0.0633. The van der Waals surface area contributed by atoms with Gasteiger partial charge in [-0.05, 0) is 44.0 Å². The first-order chi connectivity index (χ1) is 51.2. The summed E-state index contributed by atoms with van der Waals surface area (Å²) in [5, 5.41) is 5.46. The van der Waals surface area contributed by atoms with Crippen LogP contribution in [-0.2, 0) is 141 Å². The van der Waals surface area contributed by atoms with Crippen molar-refractivity contribution in [1.29, 1.82) is 0 Å². The summed E-state index contributed by atoms with van der Waals surface area (Å²) in [6, 6.07) is 15.7. The molecular formula is C72H127N3O29. The van der Waals surface area contributed by atoms with Gasteiger partial charge < -0.3 is 140 Å². The summed E-state index contributed by atoms with van der Waals surface area (Å²) in [6.07, 6.45) is -0.212. The van der Waals surface area contributed by atoms with Crippen molar-refractivity contribution in [2.45, 2.75) is 51.9 Å². The van der Waals surface area contributed by atoms with Crippen LogP contribution in [0.15, 0.2) is 54.6 Å². The number of nitrogens with one attached hydrogen (secondary N) is 2. The summed E-state index contributed by atoms with van der Waals surface area (Å²) in [5.41, 5.74) is 6.46. The zero-order valence-electron chi connectivity index (χ0n) is 62.5. The van der Waals surface area contributed by atoms with Crippen LogP contribution in [0.3, 0.4) is 0 Å². The van der Waals surface area contributed by atoms with Gasteiger partial charge in [-0.2, -0.15) is 0 Å². The van der Waals surface area contributed by atoms with Gasteiger partial charge >= 0.3 is 12.1 Å². The highest BCUT2D eigenvalue weighted by Gasteiger charge is 2.23. The van der Waals surface area contributed by atoms with Crippen LogP contribution in [-0.4, -0.2) is 353 Å². The normalized spacial score (nSPS) is 11.9. The zero-order valence-corrected chi connectivity index (χ0v) is 62.5. The molecule has 0 aliphatic carbocycles. The van der Waals surface area contributed by atoms with Gasteiger partial charge in [0.1, 0.15) is 30.6 Å². The molecule has 2 rings (SSSR count). The molecule has 2 aromatic carbocycles. The van der Waals surface area contributed by atoms with Crippen molar-refractivity contribution in [3.63, 3.8) is 0 Å². The van der Waals surface area contributed by atoms with Gasteiger partial charge in [0.15, 0.2) is 0 Å². The number of carbonyl (C=O) groups excluding carboxylic acids is 3. The third-order valence-corrected chi connectivity index (χ3v) is 13.2. The Balaban J connectivity index is 1.34. The molecule has 0 unspecified atom stereocenters. The van der Waals surface area contributed by atoms with Crippen molar-refractivity contribution < 1.29 is 138 Å². The maximum Gasteiger partial charge on any atom is 0.407 e. The maximum atomic E-state index is 13.3. The second kappa shape index (κ2) is 75.3. The summed E-state index contributed by atoms with van der Waals surface area (Å²) < 4.78 is 143. The molecule has 0 fully saturated rings. The van der Waals surface area contributed by atoms with Crippen LogP contribution < -0.4 is 21.1 Å². The van der Waals surface area contributed by atoms with E-state index >= 15 is 0 Å². The maximum absolute atomic E-state index is 13.3. The molecule has 0 saturated carbocycles. The van der Waals surface area contributed by atoms with Gasteiger partial charge in [-0.3, -0.25) is 4.79 Å². The summed E-state index contributed by atoms with van der Waals surface area (Å²) >= 11 is 0. The first-order valence-corrected chi connectivity index (χ1v) is 36.3. The Morgan fingerprint density at radius 3 is 0.913 bits per heavy atom. The Morgan fingerprint density at radius 2 is 0.615 bits per heavy atom. The Kier molecular flexibility index (Phi) is 69.2. The summed E-state index contributed by atoms with van der Waals surface area (Å²) in [4.78, 5) is 37.9. The topological polar surface area (TPSA) is 341 Å². The number of benzene rings is 2. The van der Waals surface area contributed by atoms with Gasteiger partial charge in [0.25, 0.3) is 0 Å². The number of hydrogen-bond acceptors (Lipinski definition) is 30. The summed E-state index contributed by atoms with van der Waals surface area (Å²) in [7, 11) is 0. The molecule has 104 heavy (non-hydrogen) atoms. The van der Waals surface area contributed by atoms with Gasteiger partial charge in [-0.25, -0.2) is 9.59 Å². The third-order valence-electron chi connectivity index (χ3n) is 13.2. The fourth-order valence-corrected chi connectivity index (χ4v) is 8.07. The molecule has 0 bridgehead atoms. The minimum atomic E-state index is -0.928. The van der Waals surface area contributed by atoms with Crippen LogP contribution >= 0.6 is 0 Å². The highest BCUT2D eigenvalue weighted by molar-refractivity contribution is 5.84. The van der Waals surface area contributed by atoms with Crippen molar-refractivity contribution in [3.8, 4) is 5.75 Å². The lowest BCUT2D eigenvalue weighted by molar-refractivity contribution is -0.149. The fourth-order valence-electron chi connectivity index (χ4n) is 8.07. The van der Waals surface area contributed by atoms with E-state index in [0.29, 0.717) is 316 Å². The van der Waals surface area contributed by atoms with Crippen molar-refractivity contribution in [2.24, 2.45) is 5.73 Å². The summed E-state index contributed by atoms with van der Waals surface area (Å²) in [5.74, 6) is -0.266. The molecule has 0 aromatic heterocycles.